The molecule has 0 N–H and O–H groups in total. The van der Waals surface area contributed by atoms with Crippen LogP contribution in [0.4, 0.5) is 0 Å². The summed E-state index contributed by atoms with van der Waals surface area (Å²) < 4.78 is 2.48. The van der Waals surface area contributed by atoms with E-state index in [9.17, 15) is 0 Å². The number of aryl methyl sites for hydroxylation is 3. The van der Waals surface area contributed by atoms with E-state index in [1.54, 1.807) is 0 Å². The maximum atomic E-state index is 5.14. The van der Waals surface area contributed by atoms with Crippen molar-refractivity contribution in [2.75, 3.05) is 0 Å². The Morgan fingerprint density at radius 2 is 1.13 bits per heavy atom. The van der Waals surface area contributed by atoms with E-state index in [1.165, 1.54) is 66.4 Å². The number of allylic oxidation sites excluding steroid dienone is 9. The topological polar surface area (TPSA) is 43.6 Å². The Kier molecular flexibility index (Phi) is 11.2. The maximum Gasteiger partial charge on any atom is 0.164 e. The average Bonchev–Trinajstić information content (AvgIpc) is 3.92. The van der Waals surface area contributed by atoms with Crippen molar-refractivity contribution in [3.05, 3.63) is 275 Å². The maximum absolute atomic E-state index is 5.14. The fourth-order valence-corrected chi connectivity index (χ4v) is 11.1. The SMILES string of the molecule is C=C(/C=C(\C(=C\C1=CCCC=C1)n1c2ccc(-c3c(C)cc(C)cc3C)cc2c2cc(C3c4ccccc4-c4ccccc43)ccc21)c1ccccc1)c1nc(-c2ccccc2)nc(-c2ccccc2)n1. The van der Waals surface area contributed by atoms with Crippen molar-refractivity contribution < 1.29 is 0 Å². The summed E-state index contributed by atoms with van der Waals surface area (Å²) in [6, 6.07) is 67.7. The molecule has 0 saturated carbocycles. The van der Waals surface area contributed by atoms with Crippen LogP contribution in [0, 0.1) is 20.8 Å². The molecule has 4 nitrogen and oxygen atoms in total. The average molecular weight is 913 g/mol. The van der Waals surface area contributed by atoms with Gasteiger partial charge >= 0.3 is 0 Å². The first-order chi connectivity index (χ1) is 34.9. The molecule has 0 saturated heterocycles. The number of fused-ring (bicyclic) bond motifs is 6. The Labute approximate surface area is 416 Å². The highest BCUT2D eigenvalue weighted by Crippen LogP contribution is 2.49. The largest absolute Gasteiger partial charge is 0.309 e. The highest BCUT2D eigenvalue weighted by Gasteiger charge is 2.30. The predicted octanol–water partition coefficient (Wildman–Crippen LogP) is 17.0. The lowest BCUT2D eigenvalue weighted by molar-refractivity contribution is 1.02. The molecule has 71 heavy (non-hydrogen) atoms. The minimum absolute atomic E-state index is 0.104. The molecule has 12 rings (SSSR count). The highest BCUT2D eigenvalue weighted by atomic mass is 15.0. The van der Waals surface area contributed by atoms with Crippen molar-refractivity contribution >= 4 is 38.6 Å². The van der Waals surface area contributed by atoms with Gasteiger partial charge in [0.15, 0.2) is 17.5 Å². The van der Waals surface area contributed by atoms with Crippen LogP contribution in [-0.4, -0.2) is 19.5 Å². The molecule has 0 amide bonds. The van der Waals surface area contributed by atoms with Gasteiger partial charge in [-0.1, -0.05) is 194 Å². The van der Waals surface area contributed by atoms with Crippen LogP contribution in [0.2, 0.25) is 0 Å². The fraction of sp³-hybridized carbons (Fsp3) is 0.0896. The standard InChI is InChI=1S/C67H52N4/c1-43-37-44(2)63(45(3)38-43)51-33-35-60-58(41-51)59-42-52(64-55-31-19-17-29-53(55)54-30-18-20-32-56(54)64)34-36-61(59)71(60)62(40-47-21-9-5-10-22-47)57(48-23-11-6-12-24-48)39-46(4)65-68-66(49-25-13-7-14-26-49)70-67(69-65)50-27-15-8-16-28-50/h6-9,11-42,64H,4-5,10H2,1-3H3/b57-39-,62-40-. The summed E-state index contributed by atoms with van der Waals surface area (Å²) in [5, 5.41) is 2.40. The van der Waals surface area contributed by atoms with E-state index in [2.05, 4.69) is 183 Å². The predicted molar refractivity (Wildman–Crippen MR) is 297 cm³/mol. The monoisotopic (exact) mass is 912 g/mol. The lowest BCUT2D eigenvalue weighted by atomic mass is 9.88. The van der Waals surface area contributed by atoms with E-state index in [0.717, 1.165) is 57.4 Å². The Hall–Kier alpha value is -8.73. The zero-order chi connectivity index (χ0) is 48.0. The summed E-state index contributed by atoms with van der Waals surface area (Å²) in [6.07, 6.45) is 13.4. The molecule has 0 radical (unpaired) electrons. The van der Waals surface area contributed by atoms with Gasteiger partial charge in [0, 0.05) is 39.0 Å². The molecule has 0 unspecified atom stereocenters. The third kappa shape index (κ3) is 8.07. The number of benzene rings is 8. The summed E-state index contributed by atoms with van der Waals surface area (Å²) in [7, 11) is 0. The van der Waals surface area contributed by atoms with Crippen LogP contribution in [0.5, 0.6) is 0 Å². The van der Waals surface area contributed by atoms with E-state index in [0.29, 0.717) is 23.0 Å². The Morgan fingerprint density at radius 3 is 1.73 bits per heavy atom. The molecule has 0 aliphatic heterocycles. The van der Waals surface area contributed by atoms with E-state index >= 15 is 0 Å². The lowest BCUT2D eigenvalue weighted by Crippen LogP contribution is -2.04. The van der Waals surface area contributed by atoms with E-state index in [-0.39, 0.29) is 5.92 Å². The van der Waals surface area contributed by atoms with E-state index in [1.807, 2.05) is 60.7 Å². The molecule has 2 aliphatic rings. The summed E-state index contributed by atoms with van der Waals surface area (Å²) in [5.41, 5.74) is 21.9. The second-order valence-electron chi connectivity index (χ2n) is 18.9. The Morgan fingerprint density at radius 1 is 0.563 bits per heavy atom. The van der Waals surface area contributed by atoms with Crippen LogP contribution in [-0.2, 0) is 0 Å². The van der Waals surface area contributed by atoms with Crippen molar-refractivity contribution in [2.24, 2.45) is 0 Å². The molecule has 2 aromatic heterocycles. The van der Waals surface area contributed by atoms with Gasteiger partial charge in [-0.2, -0.15) is 0 Å². The van der Waals surface area contributed by atoms with Gasteiger partial charge in [-0.15, -0.1) is 0 Å². The second kappa shape index (κ2) is 18.3. The number of aromatic nitrogens is 4. The summed E-state index contributed by atoms with van der Waals surface area (Å²) in [6.45, 7) is 11.4. The Bertz CT molecular complexity index is 3720. The molecule has 4 heteroatoms. The molecule has 0 spiro atoms. The molecule has 2 heterocycles. The summed E-state index contributed by atoms with van der Waals surface area (Å²) in [5.74, 6) is 1.81. The molecular formula is C67H52N4. The van der Waals surface area contributed by atoms with Gasteiger partial charge < -0.3 is 4.57 Å². The minimum Gasteiger partial charge on any atom is -0.309 e. The van der Waals surface area contributed by atoms with Gasteiger partial charge in [0.25, 0.3) is 0 Å². The summed E-state index contributed by atoms with van der Waals surface area (Å²) >= 11 is 0. The first-order valence-electron chi connectivity index (χ1n) is 24.6. The Balaban J connectivity index is 1.12. The molecule has 0 bridgehead atoms. The van der Waals surface area contributed by atoms with Gasteiger partial charge in [0.05, 0.1) is 16.7 Å². The molecule has 0 fully saturated rings. The zero-order valence-electron chi connectivity index (χ0n) is 40.3. The van der Waals surface area contributed by atoms with Gasteiger partial charge in [0.2, 0.25) is 0 Å². The molecule has 2 aliphatic carbocycles. The van der Waals surface area contributed by atoms with Crippen molar-refractivity contribution in [3.63, 3.8) is 0 Å². The number of hydrogen-bond acceptors (Lipinski definition) is 3. The smallest absolute Gasteiger partial charge is 0.164 e. The van der Waals surface area contributed by atoms with Crippen LogP contribution in [0.25, 0.3) is 83.7 Å². The normalized spacial score (nSPS) is 13.6. The number of nitrogens with zero attached hydrogens (tertiary/aromatic N) is 4. The van der Waals surface area contributed by atoms with Gasteiger partial charge in [0.1, 0.15) is 0 Å². The van der Waals surface area contributed by atoms with Crippen molar-refractivity contribution in [1.29, 1.82) is 0 Å². The molecular weight excluding hydrogens is 861 g/mol. The highest BCUT2D eigenvalue weighted by molar-refractivity contribution is 6.16. The number of hydrogen-bond donors (Lipinski definition) is 0. The van der Waals surface area contributed by atoms with Gasteiger partial charge in [-0.05, 0) is 131 Å². The van der Waals surface area contributed by atoms with E-state index < -0.39 is 0 Å². The van der Waals surface area contributed by atoms with Crippen LogP contribution in [0.1, 0.15) is 63.5 Å². The lowest BCUT2D eigenvalue weighted by Gasteiger charge is -2.20. The van der Waals surface area contributed by atoms with Gasteiger partial charge in [-0.25, -0.2) is 15.0 Å². The van der Waals surface area contributed by atoms with Crippen molar-refractivity contribution in [2.45, 2.75) is 39.5 Å². The first-order valence-corrected chi connectivity index (χ1v) is 24.6. The second-order valence-corrected chi connectivity index (χ2v) is 18.9. The molecule has 10 aromatic rings. The number of rotatable bonds is 10. The molecule has 340 valence electrons. The summed E-state index contributed by atoms with van der Waals surface area (Å²) in [4.78, 5) is 15.3. The van der Waals surface area contributed by atoms with E-state index in [4.69, 9.17) is 21.5 Å². The first kappa shape index (κ1) is 43.5. The fourth-order valence-electron chi connectivity index (χ4n) is 11.1. The molecule has 8 aromatic carbocycles. The van der Waals surface area contributed by atoms with Gasteiger partial charge in [-0.3, -0.25) is 0 Å². The van der Waals surface area contributed by atoms with Crippen LogP contribution < -0.4 is 0 Å². The van der Waals surface area contributed by atoms with Crippen molar-refractivity contribution in [3.8, 4) is 45.0 Å². The molecule has 0 atom stereocenters. The van der Waals surface area contributed by atoms with Crippen LogP contribution in [0.3, 0.4) is 0 Å². The van der Waals surface area contributed by atoms with Crippen molar-refractivity contribution in [1.82, 2.24) is 19.5 Å². The zero-order valence-corrected chi connectivity index (χ0v) is 40.3. The minimum atomic E-state index is 0.104. The third-order valence-corrected chi connectivity index (χ3v) is 14.2. The van der Waals surface area contributed by atoms with Crippen LogP contribution in [0.15, 0.2) is 231 Å². The third-order valence-electron chi connectivity index (χ3n) is 14.2. The quantitative estimate of drug-likeness (QED) is 0.128. The van der Waals surface area contributed by atoms with Crippen LogP contribution >= 0.6 is 0 Å².